The van der Waals surface area contributed by atoms with Crippen molar-refractivity contribution in [1.29, 1.82) is 0 Å². The largest absolute Gasteiger partial charge is 0.302 e. The number of thiazole rings is 2. The van der Waals surface area contributed by atoms with E-state index in [9.17, 15) is 4.79 Å². The summed E-state index contributed by atoms with van der Waals surface area (Å²) in [5.74, 6) is 0.887. The van der Waals surface area contributed by atoms with E-state index in [0.717, 1.165) is 47.5 Å². The fourth-order valence-corrected chi connectivity index (χ4v) is 5.67. The molecule has 2 aromatic heterocycles. The van der Waals surface area contributed by atoms with Gasteiger partial charge in [-0.25, -0.2) is 9.97 Å². The molecule has 2 aromatic carbocycles. The van der Waals surface area contributed by atoms with Gasteiger partial charge in [-0.3, -0.25) is 4.79 Å². The molecule has 1 N–H and O–H groups in total. The van der Waals surface area contributed by atoms with Crippen LogP contribution in [0.15, 0.2) is 41.3 Å². The monoisotopic (exact) mass is 433 g/mol. The first-order valence-corrected chi connectivity index (χ1v) is 11.4. The summed E-state index contributed by atoms with van der Waals surface area (Å²) in [7, 11) is 0. The Bertz CT molecular complexity index is 1100. The van der Waals surface area contributed by atoms with E-state index >= 15 is 0 Å². The van der Waals surface area contributed by atoms with Crippen LogP contribution in [0.2, 0.25) is 5.02 Å². The van der Waals surface area contributed by atoms with Crippen molar-refractivity contribution in [1.82, 2.24) is 9.97 Å². The second-order valence-corrected chi connectivity index (χ2v) is 9.78. The zero-order valence-electron chi connectivity index (χ0n) is 14.5. The Labute approximate surface area is 174 Å². The molecule has 0 fully saturated rings. The minimum absolute atomic E-state index is 0.00231. The van der Waals surface area contributed by atoms with Crippen LogP contribution in [0.5, 0.6) is 0 Å². The van der Waals surface area contributed by atoms with Crippen molar-refractivity contribution < 1.29 is 4.79 Å². The zero-order valence-corrected chi connectivity index (χ0v) is 17.7. The van der Waals surface area contributed by atoms with E-state index in [-0.39, 0.29) is 5.91 Å². The Morgan fingerprint density at radius 2 is 1.78 bits per heavy atom. The van der Waals surface area contributed by atoms with Gasteiger partial charge in [-0.2, -0.15) is 0 Å². The first-order chi connectivity index (χ1) is 13.1. The number of benzene rings is 2. The van der Waals surface area contributed by atoms with Gasteiger partial charge in [0.1, 0.15) is 0 Å². The molecule has 4 aromatic rings. The van der Waals surface area contributed by atoms with E-state index in [4.69, 9.17) is 11.6 Å². The number of halogens is 1. The maximum atomic E-state index is 12.2. The van der Waals surface area contributed by atoms with Gasteiger partial charge in [0.05, 0.1) is 25.4 Å². The molecule has 27 heavy (non-hydrogen) atoms. The van der Waals surface area contributed by atoms with Gasteiger partial charge >= 0.3 is 0 Å². The normalized spacial score (nSPS) is 11.3. The van der Waals surface area contributed by atoms with Crippen LogP contribution in [0.25, 0.3) is 20.4 Å². The summed E-state index contributed by atoms with van der Waals surface area (Å²) in [6.45, 7) is 2.00. The molecule has 0 bridgehead atoms. The second kappa shape index (κ2) is 8.14. The van der Waals surface area contributed by atoms with E-state index in [1.165, 1.54) is 11.3 Å². The third-order valence-corrected chi connectivity index (χ3v) is 7.38. The van der Waals surface area contributed by atoms with Crippen LogP contribution in [0.1, 0.15) is 17.8 Å². The molecule has 0 aliphatic rings. The topological polar surface area (TPSA) is 54.9 Å². The highest BCUT2D eigenvalue weighted by molar-refractivity contribution is 7.99. The molecule has 0 aliphatic heterocycles. The lowest BCUT2D eigenvalue weighted by molar-refractivity contribution is -0.116. The Hall–Kier alpha value is -1.67. The first-order valence-electron chi connectivity index (χ1n) is 8.43. The molecule has 4 rings (SSSR count). The van der Waals surface area contributed by atoms with Crippen molar-refractivity contribution in [2.24, 2.45) is 0 Å². The van der Waals surface area contributed by atoms with Gasteiger partial charge in [-0.15, -0.1) is 23.1 Å². The molecular weight excluding hydrogens is 418 g/mol. The van der Waals surface area contributed by atoms with E-state index in [0.29, 0.717) is 11.6 Å². The number of nitrogens with zero attached hydrogens (tertiary/aromatic N) is 2. The number of hydrogen-bond donors (Lipinski definition) is 1. The van der Waals surface area contributed by atoms with Crippen LogP contribution in [-0.4, -0.2) is 21.6 Å². The summed E-state index contributed by atoms with van der Waals surface area (Å²) in [5, 5.41) is 5.36. The van der Waals surface area contributed by atoms with Crippen molar-refractivity contribution in [3.05, 3.63) is 46.4 Å². The minimum Gasteiger partial charge on any atom is -0.302 e. The standard InChI is InChI=1S/C19H16ClN3OS3/c1-11-21-14-8-9-15-18(17(14)26-11)27-19(22-15)23-16(24)3-2-10-25-13-6-4-12(20)5-7-13/h4-9H,2-3,10H2,1H3,(H,22,23,24). The number of aromatic nitrogens is 2. The number of amides is 1. The van der Waals surface area contributed by atoms with Crippen molar-refractivity contribution in [3.63, 3.8) is 0 Å². The summed E-state index contributed by atoms with van der Waals surface area (Å²) in [4.78, 5) is 22.5. The lowest BCUT2D eigenvalue weighted by Crippen LogP contribution is -2.11. The Morgan fingerprint density at radius 1 is 1.07 bits per heavy atom. The van der Waals surface area contributed by atoms with E-state index < -0.39 is 0 Å². The molecule has 0 unspecified atom stereocenters. The quantitative estimate of drug-likeness (QED) is 0.283. The van der Waals surface area contributed by atoms with Crippen LogP contribution in [-0.2, 0) is 4.79 Å². The molecule has 4 nitrogen and oxygen atoms in total. The molecule has 0 radical (unpaired) electrons. The second-order valence-electron chi connectivity index (χ2n) is 5.97. The molecule has 0 saturated carbocycles. The highest BCUT2D eigenvalue weighted by atomic mass is 35.5. The summed E-state index contributed by atoms with van der Waals surface area (Å²) in [5.41, 5.74) is 1.90. The molecule has 138 valence electrons. The molecule has 0 saturated heterocycles. The molecule has 0 spiro atoms. The van der Waals surface area contributed by atoms with E-state index in [2.05, 4.69) is 15.3 Å². The van der Waals surface area contributed by atoms with Crippen LogP contribution >= 0.6 is 46.0 Å². The van der Waals surface area contributed by atoms with Gasteiger partial charge in [-0.1, -0.05) is 22.9 Å². The highest BCUT2D eigenvalue weighted by Crippen LogP contribution is 2.35. The lowest BCUT2D eigenvalue weighted by Gasteiger charge is -2.02. The number of thioether (sulfide) groups is 1. The summed E-state index contributed by atoms with van der Waals surface area (Å²) < 4.78 is 2.23. The number of carbonyl (C=O) groups excluding carboxylic acids is 1. The molecule has 1 amide bonds. The van der Waals surface area contributed by atoms with Gasteiger partial charge in [0.15, 0.2) is 5.13 Å². The summed E-state index contributed by atoms with van der Waals surface area (Å²) >= 11 is 10.8. The molecule has 0 atom stereocenters. The number of rotatable bonds is 6. The van der Waals surface area contributed by atoms with Crippen molar-refractivity contribution in [2.45, 2.75) is 24.7 Å². The molecular formula is C19H16ClN3OS3. The third kappa shape index (κ3) is 4.43. The van der Waals surface area contributed by atoms with Gasteiger partial charge in [-0.05, 0) is 55.5 Å². The number of nitrogens with one attached hydrogen (secondary N) is 1. The molecule has 0 aliphatic carbocycles. The summed E-state index contributed by atoms with van der Waals surface area (Å²) in [6.07, 6.45) is 1.29. The Balaban J connectivity index is 1.33. The number of aryl methyl sites for hydroxylation is 1. The average molecular weight is 434 g/mol. The molecule has 8 heteroatoms. The SMILES string of the molecule is Cc1nc2ccc3nc(NC(=O)CCCSc4ccc(Cl)cc4)sc3c2s1. The third-order valence-electron chi connectivity index (χ3n) is 3.90. The van der Waals surface area contributed by atoms with Crippen molar-refractivity contribution in [2.75, 3.05) is 11.1 Å². The van der Waals surface area contributed by atoms with Crippen LogP contribution in [0, 0.1) is 6.92 Å². The Kier molecular flexibility index (Phi) is 5.63. The van der Waals surface area contributed by atoms with Gasteiger partial charge < -0.3 is 5.32 Å². The van der Waals surface area contributed by atoms with Crippen LogP contribution in [0.3, 0.4) is 0 Å². The highest BCUT2D eigenvalue weighted by Gasteiger charge is 2.12. The van der Waals surface area contributed by atoms with Gasteiger partial charge in [0.2, 0.25) is 5.91 Å². The first kappa shape index (κ1) is 18.7. The number of fused-ring (bicyclic) bond motifs is 3. The molecule has 2 heterocycles. The fourth-order valence-electron chi connectivity index (χ4n) is 2.67. The average Bonchev–Trinajstić information content (AvgIpc) is 3.22. The van der Waals surface area contributed by atoms with Gasteiger partial charge in [0, 0.05) is 16.3 Å². The fraction of sp³-hybridized carbons (Fsp3) is 0.211. The predicted molar refractivity (Wildman–Crippen MR) is 118 cm³/mol. The van der Waals surface area contributed by atoms with E-state index in [1.54, 1.807) is 23.1 Å². The van der Waals surface area contributed by atoms with Crippen molar-refractivity contribution in [3.8, 4) is 0 Å². The van der Waals surface area contributed by atoms with E-state index in [1.807, 2.05) is 43.3 Å². The number of anilines is 1. The zero-order chi connectivity index (χ0) is 18.8. The summed E-state index contributed by atoms with van der Waals surface area (Å²) in [6, 6.07) is 11.7. The van der Waals surface area contributed by atoms with Crippen LogP contribution in [0.4, 0.5) is 5.13 Å². The lowest BCUT2D eigenvalue weighted by atomic mass is 10.3. The van der Waals surface area contributed by atoms with Gasteiger partial charge in [0.25, 0.3) is 0 Å². The maximum Gasteiger partial charge on any atom is 0.226 e. The number of hydrogen-bond acceptors (Lipinski definition) is 6. The van der Waals surface area contributed by atoms with Crippen molar-refractivity contribution >= 4 is 77.5 Å². The maximum absolute atomic E-state index is 12.2. The smallest absolute Gasteiger partial charge is 0.226 e. The predicted octanol–water partition coefficient (Wildman–Crippen LogP) is 6.38. The number of carbonyl (C=O) groups is 1. The Morgan fingerprint density at radius 3 is 2.56 bits per heavy atom. The minimum atomic E-state index is 0.00231. The van der Waals surface area contributed by atoms with Crippen LogP contribution < -0.4 is 5.32 Å².